The van der Waals surface area contributed by atoms with Crippen molar-refractivity contribution in [3.05, 3.63) is 29.8 Å². The zero-order chi connectivity index (χ0) is 24.8. The smallest absolute Gasteiger partial charge is 0.256 e. The number of aliphatic imine (C=N–C) groups is 1. The highest BCUT2D eigenvalue weighted by atomic mass is 16.5. The molecule has 2 aromatic carbocycles. The maximum Gasteiger partial charge on any atom is 0.256 e. The molecule has 0 aromatic heterocycles. The average Bonchev–Trinajstić information content (AvgIpc) is 3.32. The first kappa shape index (κ1) is 24.5. The van der Waals surface area contributed by atoms with Gasteiger partial charge in [0.2, 0.25) is 5.75 Å². The summed E-state index contributed by atoms with van der Waals surface area (Å²) in [6, 6.07) is 7.13. The molecule has 0 unspecified atom stereocenters. The highest BCUT2D eigenvalue weighted by Gasteiger charge is 2.32. The van der Waals surface area contributed by atoms with Gasteiger partial charge in [-0.2, -0.15) is 0 Å². The van der Waals surface area contributed by atoms with Crippen molar-refractivity contribution in [3.63, 3.8) is 0 Å². The van der Waals surface area contributed by atoms with Crippen LogP contribution in [0.4, 0.5) is 5.69 Å². The van der Waals surface area contributed by atoms with E-state index in [1.165, 1.54) is 0 Å². The Hall–Kier alpha value is -3.62. The van der Waals surface area contributed by atoms with Crippen molar-refractivity contribution >= 4 is 17.8 Å². The van der Waals surface area contributed by atoms with Crippen LogP contribution in [0.3, 0.4) is 0 Å². The van der Waals surface area contributed by atoms with E-state index in [1.54, 1.807) is 52.7 Å². The van der Waals surface area contributed by atoms with Gasteiger partial charge in [0.1, 0.15) is 5.75 Å². The van der Waals surface area contributed by atoms with E-state index in [4.69, 9.17) is 28.4 Å². The summed E-state index contributed by atoms with van der Waals surface area (Å²) in [5.74, 6) is 3.34. The lowest BCUT2D eigenvalue weighted by atomic mass is 10.1. The lowest BCUT2D eigenvalue weighted by Crippen LogP contribution is -2.35. The highest BCUT2D eigenvalue weighted by molar-refractivity contribution is 6.03. The second kappa shape index (κ2) is 11.2. The van der Waals surface area contributed by atoms with E-state index >= 15 is 0 Å². The molecular formula is C26H32N2O7. The van der Waals surface area contributed by atoms with Crippen molar-refractivity contribution in [2.75, 3.05) is 48.2 Å². The molecule has 2 aliphatic rings. The van der Waals surface area contributed by atoms with E-state index in [0.717, 1.165) is 32.2 Å². The summed E-state index contributed by atoms with van der Waals surface area (Å²) in [6.07, 6.45) is 5.36. The van der Waals surface area contributed by atoms with Gasteiger partial charge < -0.3 is 33.3 Å². The van der Waals surface area contributed by atoms with Crippen LogP contribution < -0.4 is 28.4 Å². The van der Waals surface area contributed by atoms with Gasteiger partial charge in [0, 0.05) is 31.0 Å². The molecule has 1 saturated heterocycles. The number of unbranched alkanes of at least 4 members (excludes halogenated alkanes) is 1. The Kier molecular flexibility index (Phi) is 7.84. The number of carbonyl (C=O) groups is 1. The predicted molar refractivity (Wildman–Crippen MR) is 132 cm³/mol. The minimum Gasteiger partial charge on any atom is -0.493 e. The largest absolute Gasteiger partial charge is 0.493 e. The summed E-state index contributed by atoms with van der Waals surface area (Å²) < 4.78 is 33.4. The third-order valence-corrected chi connectivity index (χ3v) is 6.16. The van der Waals surface area contributed by atoms with E-state index in [1.807, 2.05) is 11.1 Å². The number of ether oxygens (including phenoxy) is 6. The Morgan fingerprint density at radius 1 is 0.857 bits per heavy atom. The number of rotatable bonds is 11. The molecule has 2 aromatic rings. The Morgan fingerprint density at radius 2 is 1.54 bits per heavy atom. The first-order chi connectivity index (χ1) is 17.1. The fourth-order valence-electron chi connectivity index (χ4n) is 4.34. The fraction of sp³-hybridized carbons (Fsp3) is 0.462. The van der Waals surface area contributed by atoms with E-state index in [0.29, 0.717) is 59.0 Å². The van der Waals surface area contributed by atoms with E-state index in [9.17, 15) is 4.79 Å². The lowest BCUT2D eigenvalue weighted by Gasteiger charge is -2.20. The second-order valence-corrected chi connectivity index (χ2v) is 8.27. The Bertz CT molecular complexity index is 1060. The molecule has 9 nitrogen and oxygen atoms in total. The second-order valence-electron chi connectivity index (χ2n) is 8.27. The molecule has 2 aliphatic heterocycles. The molecule has 1 amide bonds. The van der Waals surface area contributed by atoms with Crippen molar-refractivity contribution in [1.29, 1.82) is 0 Å². The van der Waals surface area contributed by atoms with Gasteiger partial charge in [0.05, 0.1) is 58.9 Å². The summed E-state index contributed by atoms with van der Waals surface area (Å²) in [6.45, 7) is 1.73. The van der Waals surface area contributed by atoms with Gasteiger partial charge in [-0.1, -0.05) is 0 Å². The quantitative estimate of drug-likeness (QED) is 0.440. The molecule has 0 N–H and O–H groups in total. The summed E-state index contributed by atoms with van der Waals surface area (Å²) in [7, 11) is 6.27. The van der Waals surface area contributed by atoms with Gasteiger partial charge >= 0.3 is 0 Å². The molecule has 1 atom stereocenters. The van der Waals surface area contributed by atoms with Crippen LogP contribution >= 0.6 is 0 Å². The van der Waals surface area contributed by atoms with Crippen molar-refractivity contribution in [3.8, 4) is 34.5 Å². The summed E-state index contributed by atoms with van der Waals surface area (Å²) in [4.78, 5) is 19.4. The Labute approximate surface area is 205 Å². The number of methoxy groups -OCH3 is 4. The number of benzene rings is 2. The van der Waals surface area contributed by atoms with E-state index in [-0.39, 0.29) is 11.9 Å². The van der Waals surface area contributed by atoms with Gasteiger partial charge in [-0.15, -0.1) is 0 Å². The van der Waals surface area contributed by atoms with E-state index in [2.05, 4.69) is 4.99 Å². The zero-order valence-electron chi connectivity index (χ0n) is 20.7. The number of fused-ring (bicyclic) bond motifs is 2. The van der Waals surface area contributed by atoms with Crippen LogP contribution in [0.2, 0.25) is 0 Å². The van der Waals surface area contributed by atoms with Gasteiger partial charge in [-0.05, 0) is 31.7 Å². The molecule has 188 valence electrons. The van der Waals surface area contributed by atoms with Crippen molar-refractivity contribution in [2.45, 2.75) is 31.7 Å². The van der Waals surface area contributed by atoms with Crippen LogP contribution in [0.5, 0.6) is 34.5 Å². The van der Waals surface area contributed by atoms with Gasteiger partial charge in [0.15, 0.2) is 23.0 Å². The molecule has 0 saturated carbocycles. The summed E-state index contributed by atoms with van der Waals surface area (Å²) in [5, 5.41) is 0. The minimum absolute atomic E-state index is 0.00575. The molecule has 0 radical (unpaired) electrons. The molecule has 0 bridgehead atoms. The number of hydrogen-bond donors (Lipinski definition) is 0. The van der Waals surface area contributed by atoms with Crippen LogP contribution in [0.15, 0.2) is 29.3 Å². The third-order valence-electron chi connectivity index (χ3n) is 6.16. The number of amides is 1. The first-order valence-electron chi connectivity index (χ1n) is 11.7. The molecule has 2 heterocycles. The van der Waals surface area contributed by atoms with Crippen molar-refractivity contribution in [2.24, 2.45) is 4.99 Å². The maximum absolute atomic E-state index is 13.0. The van der Waals surface area contributed by atoms with E-state index < -0.39 is 0 Å². The van der Waals surface area contributed by atoms with Gasteiger partial charge in [0.25, 0.3) is 5.91 Å². The normalized spacial score (nSPS) is 16.3. The van der Waals surface area contributed by atoms with Crippen molar-refractivity contribution in [1.82, 2.24) is 4.90 Å². The molecule has 9 heteroatoms. The zero-order valence-corrected chi connectivity index (χ0v) is 20.7. The molecular weight excluding hydrogens is 452 g/mol. The maximum atomic E-state index is 13.0. The highest BCUT2D eigenvalue weighted by Crippen LogP contribution is 2.41. The van der Waals surface area contributed by atoms with Crippen LogP contribution in [-0.4, -0.2) is 71.3 Å². The first-order valence-corrected chi connectivity index (χ1v) is 11.7. The standard InChI is InChI=1S/C26H32N2O7/c1-30-21-14-19-20(27-16-17-8-7-9-28(17)26(19)29)15-22(21)35-11-6-5-10-34-18-12-23(31-2)25(33-4)24(13-18)32-3/h12-17H,5-11H2,1-4H3/t17-/m0/s1. The van der Waals surface area contributed by atoms with Gasteiger partial charge in [-0.25, -0.2) is 0 Å². The van der Waals surface area contributed by atoms with Gasteiger partial charge in [-0.3, -0.25) is 9.79 Å². The Morgan fingerprint density at radius 3 is 2.20 bits per heavy atom. The minimum atomic E-state index is -0.00575. The van der Waals surface area contributed by atoms with Crippen LogP contribution in [0.1, 0.15) is 36.0 Å². The third kappa shape index (κ3) is 5.23. The average molecular weight is 485 g/mol. The Balaban J connectivity index is 1.32. The van der Waals surface area contributed by atoms with Crippen molar-refractivity contribution < 1.29 is 33.2 Å². The van der Waals surface area contributed by atoms with Crippen LogP contribution in [0.25, 0.3) is 0 Å². The molecule has 0 aliphatic carbocycles. The monoisotopic (exact) mass is 484 g/mol. The lowest BCUT2D eigenvalue weighted by molar-refractivity contribution is 0.0774. The summed E-state index contributed by atoms with van der Waals surface area (Å²) in [5.41, 5.74) is 1.17. The molecule has 35 heavy (non-hydrogen) atoms. The topological polar surface area (TPSA) is 88.1 Å². The number of carbonyl (C=O) groups excluding carboxylic acids is 1. The SMILES string of the molecule is COc1cc2c(cc1OCCCCOc1cc(OC)c(OC)c(OC)c1)N=C[C@@H]1CCCN1C2=O. The molecule has 4 rings (SSSR count). The van der Waals surface area contributed by atoms with Crippen LogP contribution in [0, 0.1) is 0 Å². The fourth-order valence-corrected chi connectivity index (χ4v) is 4.34. The predicted octanol–water partition coefficient (Wildman–Crippen LogP) is 4.28. The molecule has 1 fully saturated rings. The number of hydrogen-bond acceptors (Lipinski definition) is 8. The summed E-state index contributed by atoms with van der Waals surface area (Å²) >= 11 is 0. The number of nitrogens with zero attached hydrogens (tertiary/aromatic N) is 2. The van der Waals surface area contributed by atoms with Crippen LogP contribution in [-0.2, 0) is 0 Å². The molecule has 0 spiro atoms.